The summed E-state index contributed by atoms with van der Waals surface area (Å²) in [5.41, 5.74) is 2.09. The van der Waals surface area contributed by atoms with Gasteiger partial charge in [0.05, 0.1) is 33.6 Å². The van der Waals surface area contributed by atoms with E-state index in [1.54, 1.807) is 45.8 Å². The van der Waals surface area contributed by atoms with Crippen LogP contribution in [-0.2, 0) is 11.2 Å². The number of nitrogens with zero attached hydrogens (tertiary/aromatic N) is 1. The topological polar surface area (TPSA) is 70.4 Å². The molecule has 1 aliphatic rings. The summed E-state index contributed by atoms with van der Waals surface area (Å²) in [7, 11) is 4.84. The molecule has 3 aromatic rings. The van der Waals surface area contributed by atoms with Crippen LogP contribution in [0, 0.1) is 0 Å². The SMILES string of the molecule is COc1ccc(OC[C@H]2c3cc(OC)c(OC)cc3CCN2C(=O)/C=C/c2ccco2)cc1. The van der Waals surface area contributed by atoms with Gasteiger partial charge in [0.15, 0.2) is 11.5 Å². The maximum atomic E-state index is 13.2. The van der Waals surface area contributed by atoms with Gasteiger partial charge in [0.25, 0.3) is 0 Å². The summed E-state index contributed by atoms with van der Waals surface area (Å²) in [6.07, 6.45) is 5.49. The molecule has 0 saturated heterocycles. The zero-order chi connectivity index (χ0) is 23.2. The minimum Gasteiger partial charge on any atom is -0.497 e. The highest BCUT2D eigenvalue weighted by Crippen LogP contribution is 2.38. The van der Waals surface area contributed by atoms with Crippen LogP contribution in [0.15, 0.2) is 65.3 Å². The second kappa shape index (κ2) is 10.2. The number of amides is 1. The average Bonchev–Trinajstić information content (AvgIpc) is 3.38. The first-order valence-electron chi connectivity index (χ1n) is 10.7. The molecule has 4 rings (SSSR count). The number of carbonyl (C=O) groups is 1. The van der Waals surface area contributed by atoms with E-state index in [0.29, 0.717) is 36.0 Å². The van der Waals surface area contributed by atoms with Crippen molar-refractivity contribution in [1.82, 2.24) is 4.90 Å². The maximum absolute atomic E-state index is 13.2. The summed E-state index contributed by atoms with van der Waals surface area (Å²) in [6, 6.07) is 14.6. The highest BCUT2D eigenvalue weighted by molar-refractivity contribution is 5.92. The first-order chi connectivity index (χ1) is 16.1. The molecule has 2 aromatic carbocycles. The Balaban J connectivity index is 1.63. The number of ether oxygens (including phenoxy) is 4. The van der Waals surface area contributed by atoms with E-state index in [1.807, 2.05) is 41.3 Å². The molecule has 2 heterocycles. The Bertz CT molecular complexity index is 1100. The van der Waals surface area contributed by atoms with Crippen LogP contribution in [0.5, 0.6) is 23.0 Å². The smallest absolute Gasteiger partial charge is 0.247 e. The second-order valence-electron chi connectivity index (χ2n) is 7.54. The Kier molecular flexibility index (Phi) is 6.88. The molecule has 33 heavy (non-hydrogen) atoms. The molecule has 0 N–H and O–H groups in total. The van der Waals surface area contributed by atoms with Gasteiger partial charge in [-0.2, -0.15) is 0 Å². The van der Waals surface area contributed by atoms with Crippen molar-refractivity contribution in [2.45, 2.75) is 12.5 Å². The van der Waals surface area contributed by atoms with E-state index >= 15 is 0 Å². The molecule has 1 atom stereocenters. The highest BCUT2D eigenvalue weighted by atomic mass is 16.5. The predicted octanol–water partition coefficient (Wildman–Crippen LogP) is 4.52. The zero-order valence-electron chi connectivity index (χ0n) is 18.9. The summed E-state index contributed by atoms with van der Waals surface area (Å²) in [6.45, 7) is 0.843. The van der Waals surface area contributed by atoms with E-state index in [4.69, 9.17) is 23.4 Å². The molecule has 7 heteroatoms. The molecular formula is C26H27NO6. The number of hydrogen-bond acceptors (Lipinski definition) is 6. The molecule has 172 valence electrons. The van der Waals surface area contributed by atoms with Gasteiger partial charge in [0.1, 0.15) is 23.9 Å². The summed E-state index contributed by atoms with van der Waals surface area (Å²) < 4.78 is 27.6. The third kappa shape index (κ3) is 4.98. The van der Waals surface area contributed by atoms with Crippen LogP contribution in [-0.4, -0.2) is 45.3 Å². The van der Waals surface area contributed by atoms with Gasteiger partial charge in [-0.15, -0.1) is 0 Å². The molecular weight excluding hydrogens is 422 g/mol. The van der Waals surface area contributed by atoms with Gasteiger partial charge in [-0.25, -0.2) is 0 Å². The van der Waals surface area contributed by atoms with Gasteiger partial charge < -0.3 is 28.3 Å². The van der Waals surface area contributed by atoms with Crippen molar-refractivity contribution in [3.63, 3.8) is 0 Å². The van der Waals surface area contributed by atoms with Crippen LogP contribution < -0.4 is 18.9 Å². The molecule has 7 nitrogen and oxygen atoms in total. The number of carbonyl (C=O) groups excluding carboxylic acids is 1. The molecule has 0 saturated carbocycles. The third-order valence-corrected chi connectivity index (χ3v) is 5.69. The molecule has 1 amide bonds. The molecule has 0 fully saturated rings. The standard InChI is InChI=1S/C26H27NO6/c1-29-19-6-8-21(9-7-19)33-17-23-22-16-25(31-3)24(30-2)15-18(22)12-13-27(23)26(28)11-10-20-5-4-14-32-20/h4-11,14-16,23H,12-13,17H2,1-3H3/b11-10+/t23-/m0/s1. The third-order valence-electron chi connectivity index (χ3n) is 5.69. The van der Waals surface area contributed by atoms with Crippen molar-refractivity contribution < 1.29 is 28.2 Å². The van der Waals surface area contributed by atoms with Gasteiger partial charge in [0.2, 0.25) is 5.91 Å². The minimum atomic E-state index is -0.301. The maximum Gasteiger partial charge on any atom is 0.247 e. The van der Waals surface area contributed by atoms with Crippen LogP contribution in [0.3, 0.4) is 0 Å². The lowest BCUT2D eigenvalue weighted by molar-refractivity contribution is -0.129. The molecule has 0 bridgehead atoms. The summed E-state index contributed by atoms with van der Waals surface area (Å²) >= 11 is 0. The number of fused-ring (bicyclic) bond motifs is 1. The number of benzene rings is 2. The van der Waals surface area contributed by atoms with Crippen LogP contribution in [0.1, 0.15) is 22.9 Å². The van der Waals surface area contributed by atoms with Crippen molar-refractivity contribution in [2.75, 3.05) is 34.5 Å². The molecule has 1 aromatic heterocycles. The summed E-state index contributed by atoms with van der Waals surface area (Å²) in [5.74, 6) is 3.24. The fourth-order valence-electron chi connectivity index (χ4n) is 3.95. The van der Waals surface area contributed by atoms with Gasteiger partial charge in [-0.05, 0) is 72.2 Å². The van der Waals surface area contributed by atoms with Gasteiger partial charge in [0, 0.05) is 12.6 Å². The minimum absolute atomic E-state index is 0.116. The molecule has 0 unspecified atom stereocenters. The Hall–Kier alpha value is -3.87. The molecule has 0 aliphatic carbocycles. The average molecular weight is 450 g/mol. The Morgan fingerprint density at radius 1 is 1.03 bits per heavy atom. The van der Waals surface area contributed by atoms with E-state index in [2.05, 4.69) is 0 Å². The van der Waals surface area contributed by atoms with Gasteiger partial charge in [-0.3, -0.25) is 4.79 Å². The zero-order valence-corrected chi connectivity index (χ0v) is 18.9. The lowest BCUT2D eigenvalue weighted by Gasteiger charge is -2.37. The van der Waals surface area contributed by atoms with E-state index in [1.165, 1.54) is 6.08 Å². The van der Waals surface area contributed by atoms with Crippen LogP contribution in [0.25, 0.3) is 6.08 Å². The first-order valence-corrected chi connectivity index (χ1v) is 10.7. The van der Waals surface area contributed by atoms with Crippen molar-refractivity contribution in [2.24, 2.45) is 0 Å². The van der Waals surface area contributed by atoms with E-state index < -0.39 is 0 Å². The van der Waals surface area contributed by atoms with Crippen molar-refractivity contribution >= 4 is 12.0 Å². The number of methoxy groups -OCH3 is 3. The Labute approximate surface area is 193 Å². The van der Waals surface area contributed by atoms with E-state index in [9.17, 15) is 4.79 Å². The first kappa shape index (κ1) is 22.3. The molecule has 0 radical (unpaired) electrons. The number of furan rings is 1. The Morgan fingerprint density at radius 3 is 2.42 bits per heavy atom. The highest BCUT2D eigenvalue weighted by Gasteiger charge is 2.32. The van der Waals surface area contributed by atoms with Crippen molar-refractivity contribution in [1.29, 1.82) is 0 Å². The second-order valence-corrected chi connectivity index (χ2v) is 7.54. The normalized spacial score (nSPS) is 15.2. The number of hydrogen-bond donors (Lipinski definition) is 0. The van der Waals surface area contributed by atoms with E-state index in [0.717, 1.165) is 16.9 Å². The van der Waals surface area contributed by atoms with Crippen LogP contribution in [0.4, 0.5) is 0 Å². The lowest BCUT2D eigenvalue weighted by Crippen LogP contribution is -2.41. The summed E-state index contributed by atoms with van der Waals surface area (Å²) in [4.78, 5) is 15.0. The fraction of sp³-hybridized carbons (Fsp3) is 0.269. The van der Waals surface area contributed by atoms with Gasteiger partial charge >= 0.3 is 0 Å². The van der Waals surface area contributed by atoms with Crippen molar-refractivity contribution in [3.8, 4) is 23.0 Å². The van der Waals surface area contributed by atoms with Crippen LogP contribution >= 0.6 is 0 Å². The lowest BCUT2D eigenvalue weighted by atomic mass is 9.92. The van der Waals surface area contributed by atoms with Gasteiger partial charge in [-0.1, -0.05) is 0 Å². The number of rotatable bonds is 8. The quantitative estimate of drug-likeness (QED) is 0.471. The van der Waals surface area contributed by atoms with E-state index in [-0.39, 0.29) is 18.6 Å². The van der Waals surface area contributed by atoms with Crippen LogP contribution in [0.2, 0.25) is 0 Å². The predicted molar refractivity (Wildman–Crippen MR) is 124 cm³/mol. The largest absolute Gasteiger partial charge is 0.497 e. The molecule has 1 aliphatic heterocycles. The molecule has 0 spiro atoms. The Morgan fingerprint density at radius 2 is 1.76 bits per heavy atom. The monoisotopic (exact) mass is 449 g/mol. The fourth-order valence-corrected chi connectivity index (χ4v) is 3.95. The summed E-state index contributed by atoms with van der Waals surface area (Å²) in [5, 5.41) is 0. The van der Waals surface area contributed by atoms with Crippen molar-refractivity contribution in [3.05, 3.63) is 77.8 Å².